The van der Waals surface area contributed by atoms with Crippen molar-refractivity contribution in [1.29, 1.82) is 0 Å². The topological polar surface area (TPSA) is 91.1 Å². The largest absolute Gasteiger partial charge is 0.455 e. The molecule has 6 heteroatoms. The van der Waals surface area contributed by atoms with Crippen LogP contribution in [0.15, 0.2) is 87.5 Å². The number of hydrogen-bond acceptors (Lipinski definition) is 5. The van der Waals surface area contributed by atoms with Gasteiger partial charge in [-0.1, -0.05) is 50.1 Å². The van der Waals surface area contributed by atoms with Crippen LogP contribution in [0.3, 0.4) is 0 Å². The monoisotopic (exact) mass is 541 g/mol. The molecule has 0 atom stereocenters. The van der Waals surface area contributed by atoms with Crippen LogP contribution in [0.25, 0.3) is 43.5 Å². The molecule has 0 aliphatic heterocycles. The van der Waals surface area contributed by atoms with Crippen LogP contribution in [0.2, 0.25) is 0 Å². The van der Waals surface area contributed by atoms with Crippen LogP contribution in [-0.2, 0) is 5.54 Å². The quantitative estimate of drug-likeness (QED) is 0.110. The van der Waals surface area contributed by atoms with Crippen LogP contribution in [0.5, 0.6) is 0 Å². The summed E-state index contributed by atoms with van der Waals surface area (Å²) in [7, 11) is 0. The Morgan fingerprint density at radius 3 is 2.37 bits per heavy atom. The normalized spacial score (nSPS) is 12.3. The standard InChI is InChI=1S/C35H31N3O3/c1-6-34(2,3)17-18-35(4,5)38-32(39)26-16-15-25-24-9-7-8-10-28(24)41-31-21(11-13-23-14-12-22(36)20-37-23)19-27(33(38)40)29(26)30(25)31/h6-10,12,14-16,19-20H,1,17-18,36H2,2-5H3. The van der Waals surface area contributed by atoms with Crippen LogP contribution in [-0.4, -0.2) is 9.55 Å². The Labute approximate surface area is 237 Å². The van der Waals surface area contributed by atoms with E-state index in [1.165, 1.54) is 4.57 Å². The third-order valence-corrected chi connectivity index (χ3v) is 8.14. The number of benzene rings is 3. The lowest BCUT2D eigenvalue weighted by Gasteiger charge is -2.31. The lowest BCUT2D eigenvalue weighted by molar-refractivity contribution is 0.263. The van der Waals surface area contributed by atoms with Gasteiger partial charge in [0.05, 0.1) is 22.8 Å². The molecule has 3 aromatic heterocycles. The molecule has 6 nitrogen and oxygen atoms in total. The molecule has 41 heavy (non-hydrogen) atoms. The minimum absolute atomic E-state index is 0.124. The Kier molecular flexibility index (Phi) is 6.00. The number of pyridine rings is 2. The maximum atomic E-state index is 14.3. The third-order valence-electron chi connectivity index (χ3n) is 8.14. The van der Waals surface area contributed by atoms with Gasteiger partial charge in [-0.3, -0.25) is 14.2 Å². The number of hydrogen-bond donors (Lipinski definition) is 1. The van der Waals surface area contributed by atoms with Crippen molar-refractivity contribution in [3.05, 3.63) is 105 Å². The van der Waals surface area contributed by atoms with Gasteiger partial charge in [0.2, 0.25) is 0 Å². The van der Waals surface area contributed by atoms with Gasteiger partial charge in [-0.05, 0) is 73.7 Å². The Morgan fingerprint density at radius 1 is 0.902 bits per heavy atom. The summed E-state index contributed by atoms with van der Waals surface area (Å²) in [5.41, 5.74) is 7.17. The Morgan fingerprint density at radius 2 is 1.63 bits per heavy atom. The summed E-state index contributed by atoms with van der Waals surface area (Å²) in [6, 6.07) is 16.8. The van der Waals surface area contributed by atoms with E-state index in [0.29, 0.717) is 50.7 Å². The molecule has 0 aliphatic rings. The molecule has 0 amide bonds. The van der Waals surface area contributed by atoms with E-state index in [-0.39, 0.29) is 16.5 Å². The number of aromatic nitrogens is 2. The van der Waals surface area contributed by atoms with E-state index in [2.05, 4.69) is 37.3 Å². The minimum Gasteiger partial charge on any atom is -0.455 e. The van der Waals surface area contributed by atoms with Crippen molar-refractivity contribution in [3.8, 4) is 11.8 Å². The number of fused-ring (bicyclic) bond motifs is 2. The van der Waals surface area contributed by atoms with Crippen molar-refractivity contribution in [2.45, 2.75) is 46.1 Å². The Balaban J connectivity index is 1.70. The van der Waals surface area contributed by atoms with Crippen LogP contribution < -0.4 is 16.9 Å². The Hall–Kier alpha value is -4.89. The van der Waals surface area contributed by atoms with Crippen molar-refractivity contribution in [2.24, 2.45) is 5.41 Å². The summed E-state index contributed by atoms with van der Waals surface area (Å²) in [4.78, 5) is 32.6. The molecule has 6 aromatic rings. The van der Waals surface area contributed by atoms with E-state index in [9.17, 15) is 9.59 Å². The molecule has 0 unspecified atom stereocenters. The van der Waals surface area contributed by atoms with Crippen molar-refractivity contribution >= 4 is 49.2 Å². The average molecular weight is 542 g/mol. The number of anilines is 1. The highest BCUT2D eigenvalue weighted by atomic mass is 16.3. The van der Waals surface area contributed by atoms with Crippen molar-refractivity contribution in [1.82, 2.24) is 9.55 Å². The van der Waals surface area contributed by atoms with Gasteiger partial charge in [0, 0.05) is 27.1 Å². The molecule has 6 rings (SSSR count). The van der Waals surface area contributed by atoms with Crippen LogP contribution >= 0.6 is 0 Å². The third kappa shape index (κ3) is 4.35. The molecule has 2 N–H and O–H groups in total. The fraction of sp³-hybridized carbons (Fsp3) is 0.229. The van der Waals surface area contributed by atoms with Crippen molar-refractivity contribution in [3.63, 3.8) is 0 Å². The molecule has 0 saturated carbocycles. The predicted octanol–water partition coefficient (Wildman–Crippen LogP) is 6.96. The average Bonchev–Trinajstić information content (AvgIpc) is 2.96. The predicted molar refractivity (Wildman–Crippen MR) is 168 cm³/mol. The van der Waals surface area contributed by atoms with Gasteiger partial charge in [-0.2, -0.15) is 0 Å². The van der Waals surface area contributed by atoms with E-state index in [0.717, 1.165) is 22.6 Å². The first-order valence-electron chi connectivity index (χ1n) is 13.7. The van der Waals surface area contributed by atoms with Gasteiger partial charge in [0.1, 0.15) is 11.3 Å². The highest BCUT2D eigenvalue weighted by Crippen LogP contribution is 2.39. The summed E-state index contributed by atoms with van der Waals surface area (Å²) in [5, 5.41) is 4.05. The molecule has 0 bridgehead atoms. The van der Waals surface area contributed by atoms with Gasteiger partial charge in [-0.25, -0.2) is 4.98 Å². The maximum absolute atomic E-state index is 14.3. The molecular formula is C35H31N3O3. The zero-order chi connectivity index (χ0) is 29.1. The highest BCUT2D eigenvalue weighted by molar-refractivity contribution is 6.27. The SMILES string of the molecule is C=CC(C)(C)CCC(C)(C)n1c(=O)c2ccc3c4ccccc4oc4c(C#Cc5ccc(N)cn5)cc(c1=O)c2c43. The number of rotatable bonds is 5. The summed E-state index contributed by atoms with van der Waals surface area (Å²) in [5.74, 6) is 6.28. The fourth-order valence-electron chi connectivity index (χ4n) is 5.53. The molecule has 3 heterocycles. The Bertz CT molecular complexity index is 2170. The van der Waals surface area contributed by atoms with Crippen LogP contribution in [0, 0.1) is 17.3 Å². The summed E-state index contributed by atoms with van der Waals surface area (Å²) >= 11 is 0. The molecular weight excluding hydrogens is 510 g/mol. The first-order chi connectivity index (χ1) is 19.5. The lowest BCUT2D eigenvalue weighted by Crippen LogP contribution is -2.45. The zero-order valence-electron chi connectivity index (χ0n) is 23.7. The molecule has 0 spiro atoms. The summed E-state index contributed by atoms with van der Waals surface area (Å²) < 4.78 is 7.85. The van der Waals surface area contributed by atoms with Gasteiger partial charge >= 0.3 is 0 Å². The minimum atomic E-state index is -0.726. The van der Waals surface area contributed by atoms with E-state index in [1.807, 2.05) is 56.3 Å². The number of nitrogens with two attached hydrogens (primary N) is 1. The molecule has 3 aromatic carbocycles. The molecule has 0 saturated heterocycles. The lowest BCUT2D eigenvalue weighted by atomic mass is 9.83. The fourth-order valence-corrected chi connectivity index (χ4v) is 5.53. The van der Waals surface area contributed by atoms with Gasteiger partial charge in [-0.15, -0.1) is 6.58 Å². The summed E-state index contributed by atoms with van der Waals surface area (Å²) in [6.07, 6.45) is 4.87. The second-order valence-corrected chi connectivity index (χ2v) is 12.0. The van der Waals surface area contributed by atoms with E-state index in [1.54, 1.807) is 24.4 Å². The van der Waals surface area contributed by atoms with E-state index < -0.39 is 5.54 Å². The highest BCUT2D eigenvalue weighted by Gasteiger charge is 2.30. The van der Waals surface area contributed by atoms with Gasteiger partial charge < -0.3 is 10.2 Å². The number of para-hydroxylation sites is 1. The van der Waals surface area contributed by atoms with Crippen molar-refractivity contribution < 1.29 is 4.42 Å². The first kappa shape index (κ1) is 26.3. The molecule has 0 fully saturated rings. The maximum Gasteiger partial charge on any atom is 0.261 e. The van der Waals surface area contributed by atoms with E-state index >= 15 is 0 Å². The molecule has 204 valence electrons. The molecule has 0 radical (unpaired) electrons. The number of nitrogen functional groups attached to an aromatic ring is 1. The smallest absolute Gasteiger partial charge is 0.261 e. The van der Waals surface area contributed by atoms with Crippen LogP contribution in [0.4, 0.5) is 5.69 Å². The van der Waals surface area contributed by atoms with Gasteiger partial charge in [0.15, 0.2) is 5.58 Å². The molecule has 0 aliphatic carbocycles. The number of allylic oxidation sites excluding steroid dienone is 1. The number of nitrogens with zero attached hydrogens (tertiary/aromatic N) is 2. The van der Waals surface area contributed by atoms with Gasteiger partial charge in [0.25, 0.3) is 11.1 Å². The first-order valence-corrected chi connectivity index (χ1v) is 13.7. The second-order valence-electron chi connectivity index (χ2n) is 12.0. The zero-order valence-corrected chi connectivity index (χ0v) is 23.7. The van der Waals surface area contributed by atoms with Crippen molar-refractivity contribution in [2.75, 3.05) is 5.73 Å². The van der Waals surface area contributed by atoms with E-state index in [4.69, 9.17) is 10.2 Å². The van der Waals surface area contributed by atoms with Crippen LogP contribution in [0.1, 0.15) is 51.8 Å². The summed E-state index contributed by atoms with van der Waals surface area (Å²) in [6.45, 7) is 12.0. The second kappa shape index (κ2) is 9.35.